The molecule has 3 heterocycles. The summed E-state index contributed by atoms with van der Waals surface area (Å²) < 4.78 is 13.2. The standard InChI is InChI=1S/C19H18Cl2N4O3S/c20-12-5-6-14(21)15(9-12)22-17(26)11-29-19-24-23-18(16-4-2-8-28-16)25(19)10-13-3-1-7-27-13/h2,4-6,8-9,13H,1,3,7,10-11H2,(H,22,26). The number of nitrogens with one attached hydrogen (secondary N) is 1. The second-order valence-electron chi connectivity index (χ2n) is 6.49. The van der Waals surface area contributed by atoms with Crippen LogP contribution >= 0.6 is 35.0 Å². The molecule has 0 saturated carbocycles. The van der Waals surface area contributed by atoms with Crippen molar-refractivity contribution in [3.8, 4) is 11.6 Å². The quantitative estimate of drug-likeness (QED) is 0.520. The van der Waals surface area contributed by atoms with Crippen molar-refractivity contribution >= 4 is 46.6 Å². The number of nitrogens with zero attached hydrogens (tertiary/aromatic N) is 3. The summed E-state index contributed by atoms with van der Waals surface area (Å²) in [6.07, 6.45) is 3.70. The molecule has 0 radical (unpaired) electrons. The predicted octanol–water partition coefficient (Wildman–Crippen LogP) is 4.75. The molecule has 1 unspecified atom stereocenters. The second-order valence-corrected chi connectivity index (χ2v) is 8.28. The zero-order valence-electron chi connectivity index (χ0n) is 15.3. The molecule has 0 spiro atoms. The Morgan fingerprint density at radius 3 is 2.97 bits per heavy atom. The van der Waals surface area contributed by atoms with Gasteiger partial charge in [-0.3, -0.25) is 9.36 Å². The highest BCUT2D eigenvalue weighted by Crippen LogP contribution is 2.28. The highest BCUT2D eigenvalue weighted by Gasteiger charge is 2.23. The van der Waals surface area contributed by atoms with Crippen LogP contribution < -0.4 is 5.32 Å². The molecule has 1 atom stereocenters. The monoisotopic (exact) mass is 452 g/mol. The summed E-state index contributed by atoms with van der Waals surface area (Å²) in [4.78, 5) is 12.4. The molecule has 1 aliphatic heterocycles. The Morgan fingerprint density at radius 1 is 1.31 bits per heavy atom. The molecule has 152 valence electrons. The lowest BCUT2D eigenvalue weighted by atomic mass is 10.2. The lowest BCUT2D eigenvalue weighted by molar-refractivity contribution is -0.113. The van der Waals surface area contributed by atoms with Crippen LogP contribution in [0.5, 0.6) is 0 Å². The first-order chi connectivity index (χ1) is 14.1. The third kappa shape index (κ3) is 4.95. The molecule has 2 aromatic heterocycles. The van der Waals surface area contributed by atoms with Crippen molar-refractivity contribution in [2.75, 3.05) is 17.7 Å². The SMILES string of the molecule is O=C(CSc1nnc(-c2ccco2)n1CC1CCCO1)Nc1cc(Cl)ccc1Cl. The number of ether oxygens (including phenoxy) is 1. The van der Waals surface area contributed by atoms with Crippen molar-refractivity contribution in [3.05, 3.63) is 46.6 Å². The Labute approximate surface area is 181 Å². The van der Waals surface area contributed by atoms with Gasteiger partial charge in [0.25, 0.3) is 0 Å². The first kappa shape index (κ1) is 20.3. The van der Waals surface area contributed by atoms with Gasteiger partial charge in [-0.05, 0) is 43.2 Å². The zero-order chi connectivity index (χ0) is 20.2. The molecule has 7 nitrogen and oxygen atoms in total. The molecule has 0 aliphatic carbocycles. The Bertz CT molecular complexity index is 988. The van der Waals surface area contributed by atoms with Crippen LogP contribution in [-0.2, 0) is 16.1 Å². The van der Waals surface area contributed by atoms with Gasteiger partial charge in [0.1, 0.15) is 0 Å². The number of hydrogen-bond donors (Lipinski definition) is 1. The van der Waals surface area contributed by atoms with Crippen LogP contribution in [0.3, 0.4) is 0 Å². The molecule has 29 heavy (non-hydrogen) atoms. The van der Waals surface area contributed by atoms with E-state index in [0.717, 1.165) is 19.4 Å². The van der Waals surface area contributed by atoms with E-state index in [4.69, 9.17) is 32.4 Å². The summed E-state index contributed by atoms with van der Waals surface area (Å²) in [6.45, 7) is 1.36. The highest BCUT2D eigenvalue weighted by molar-refractivity contribution is 7.99. The van der Waals surface area contributed by atoms with Crippen LogP contribution in [-0.4, -0.2) is 39.1 Å². The van der Waals surface area contributed by atoms with Gasteiger partial charge in [0.15, 0.2) is 10.9 Å². The molecule has 1 aromatic carbocycles. The Morgan fingerprint density at radius 2 is 2.21 bits per heavy atom. The lowest BCUT2D eigenvalue weighted by Crippen LogP contribution is -2.18. The summed E-state index contributed by atoms with van der Waals surface area (Å²) in [5.41, 5.74) is 0.474. The van der Waals surface area contributed by atoms with Gasteiger partial charge in [0.05, 0.1) is 35.4 Å². The average Bonchev–Trinajstić information content (AvgIpc) is 3.45. The maximum absolute atomic E-state index is 12.4. The normalized spacial score (nSPS) is 16.3. The van der Waals surface area contributed by atoms with Crippen LogP contribution in [0.15, 0.2) is 46.2 Å². The van der Waals surface area contributed by atoms with Crippen LogP contribution in [0.2, 0.25) is 10.0 Å². The van der Waals surface area contributed by atoms with Gasteiger partial charge >= 0.3 is 0 Å². The van der Waals surface area contributed by atoms with Crippen LogP contribution in [0.4, 0.5) is 5.69 Å². The Hall–Kier alpha value is -2.00. The number of thioether (sulfide) groups is 1. The molecular formula is C19H18Cl2N4O3S. The number of halogens is 2. The van der Waals surface area contributed by atoms with E-state index >= 15 is 0 Å². The summed E-state index contributed by atoms with van der Waals surface area (Å²) in [5, 5.41) is 12.8. The maximum Gasteiger partial charge on any atom is 0.234 e. The average molecular weight is 453 g/mol. The molecular weight excluding hydrogens is 435 g/mol. The van der Waals surface area contributed by atoms with E-state index in [-0.39, 0.29) is 17.8 Å². The van der Waals surface area contributed by atoms with Crippen LogP contribution in [0.25, 0.3) is 11.6 Å². The van der Waals surface area contributed by atoms with Crippen molar-refractivity contribution in [2.24, 2.45) is 0 Å². The van der Waals surface area contributed by atoms with Gasteiger partial charge in [-0.2, -0.15) is 0 Å². The molecule has 3 aromatic rings. The number of furan rings is 1. The fourth-order valence-corrected chi connectivity index (χ4v) is 4.13. The van der Waals surface area contributed by atoms with Gasteiger partial charge in [-0.1, -0.05) is 35.0 Å². The predicted molar refractivity (Wildman–Crippen MR) is 113 cm³/mol. The number of rotatable bonds is 7. The summed E-state index contributed by atoms with van der Waals surface area (Å²) in [5.74, 6) is 1.17. The van der Waals surface area contributed by atoms with E-state index in [1.165, 1.54) is 11.8 Å². The Balaban J connectivity index is 1.47. The number of anilines is 1. The van der Waals surface area contributed by atoms with Crippen molar-refractivity contribution in [1.82, 2.24) is 14.8 Å². The van der Waals surface area contributed by atoms with Gasteiger partial charge in [-0.25, -0.2) is 0 Å². The lowest BCUT2D eigenvalue weighted by Gasteiger charge is -2.14. The number of carbonyl (C=O) groups excluding carboxylic acids is 1. The molecule has 1 aliphatic rings. The minimum atomic E-state index is -0.217. The summed E-state index contributed by atoms with van der Waals surface area (Å²) in [7, 11) is 0. The smallest absolute Gasteiger partial charge is 0.234 e. The number of hydrogen-bond acceptors (Lipinski definition) is 6. The minimum Gasteiger partial charge on any atom is -0.461 e. The molecule has 1 N–H and O–H groups in total. The first-order valence-electron chi connectivity index (χ1n) is 9.06. The number of carbonyl (C=O) groups is 1. The molecule has 10 heteroatoms. The van der Waals surface area contributed by atoms with Gasteiger partial charge in [0, 0.05) is 11.6 Å². The number of aromatic nitrogens is 3. The van der Waals surface area contributed by atoms with Crippen LogP contribution in [0.1, 0.15) is 12.8 Å². The Kier molecular flexibility index (Phi) is 6.44. The van der Waals surface area contributed by atoms with Gasteiger partial charge in [0.2, 0.25) is 11.7 Å². The van der Waals surface area contributed by atoms with E-state index in [0.29, 0.717) is 39.0 Å². The molecule has 0 bridgehead atoms. The van der Waals surface area contributed by atoms with E-state index in [1.807, 2.05) is 10.6 Å². The molecule has 1 saturated heterocycles. The number of amides is 1. The second kappa shape index (κ2) is 9.21. The van der Waals surface area contributed by atoms with E-state index in [9.17, 15) is 4.79 Å². The molecule has 1 amide bonds. The molecule has 4 rings (SSSR count). The fourth-order valence-electron chi connectivity index (χ4n) is 3.05. The highest BCUT2D eigenvalue weighted by atomic mass is 35.5. The summed E-state index contributed by atoms with van der Waals surface area (Å²) in [6, 6.07) is 8.55. The van der Waals surface area contributed by atoms with Crippen LogP contribution in [0, 0.1) is 0 Å². The summed E-state index contributed by atoms with van der Waals surface area (Å²) >= 11 is 13.4. The van der Waals surface area contributed by atoms with E-state index < -0.39 is 0 Å². The number of benzene rings is 1. The fraction of sp³-hybridized carbons (Fsp3) is 0.316. The van der Waals surface area contributed by atoms with Gasteiger partial charge in [-0.15, -0.1) is 10.2 Å². The van der Waals surface area contributed by atoms with Crippen molar-refractivity contribution < 1.29 is 13.9 Å². The zero-order valence-corrected chi connectivity index (χ0v) is 17.6. The largest absolute Gasteiger partial charge is 0.461 e. The third-order valence-electron chi connectivity index (χ3n) is 4.40. The molecule has 1 fully saturated rings. The van der Waals surface area contributed by atoms with Crippen molar-refractivity contribution in [1.29, 1.82) is 0 Å². The van der Waals surface area contributed by atoms with E-state index in [1.54, 1.807) is 30.5 Å². The minimum absolute atomic E-state index is 0.0955. The van der Waals surface area contributed by atoms with Crippen molar-refractivity contribution in [3.63, 3.8) is 0 Å². The first-order valence-corrected chi connectivity index (χ1v) is 10.8. The van der Waals surface area contributed by atoms with Crippen molar-refractivity contribution in [2.45, 2.75) is 30.6 Å². The van der Waals surface area contributed by atoms with Gasteiger partial charge < -0.3 is 14.5 Å². The third-order valence-corrected chi connectivity index (χ3v) is 5.93. The van der Waals surface area contributed by atoms with E-state index in [2.05, 4.69) is 15.5 Å². The maximum atomic E-state index is 12.4. The topological polar surface area (TPSA) is 82.2 Å².